The van der Waals surface area contributed by atoms with Crippen molar-refractivity contribution >= 4 is 0 Å². The Morgan fingerprint density at radius 3 is 2.67 bits per heavy atom. The zero-order chi connectivity index (χ0) is 12.7. The Balaban J connectivity index is 1.97. The van der Waals surface area contributed by atoms with Crippen molar-refractivity contribution in [3.8, 4) is 0 Å². The summed E-state index contributed by atoms with van der Waals surface area (Å²) in [6, 6.07) is 8.36. The first-order chi connectivity index (χ1) is 8.66. The Labute approximate surface area is 110 Å². The summed E-state index contributed by atoms with van der Waals surface area (Å²) in [4.78, 5) is 2.68. The number of rotatable bonds is 2. The third kappa shape index (κ3) is 2.19. The van der Waals surface area contributed by atoms with E-state index in [1.54, 1.807) is 0 Å². The second-order valence-electron chi connectivity index (χ2n) is 6.08. The van der Waals surface area contributed by atoms with Crippen molar-refractivity contribution in [3.05, 3.63) is 34.9 Å². The maximum absolute atomic E-state index is 6.44. The SMILES string of the molecule is Cc1ccc(C)c(C2C(N)CCCN2C2CC2)c1. The van der Waals surface area contributed by atoms with Gasteiger partial charge in [0.2, 0.25) is 0 Å². The molecule has 0 bridgehead atoms. The fraction of sp³-hybridized carbons (Fsp3) is 0.625. The van der Waals surface area contributed by atoms with E-state index >= 15 is 0 Å². The molecule has 0 amide bonds. The number of nitrogens with zero attached hydrogens (tertiary/aromatic N) is 1. The summed E-state index contributed by atoms with van der Waals surface area (Å²) in [6.45, 7) is 5.64. The van der Waals surface area contributed by atoms with Crippen LogP contribution in [0.5, 0.6) is 0 Å². The van der Waals surface area contributed by atoms with Gasteiger partial charge < -0.3 is 5.73 Å². The lowest BCUT2D eigenvalue weighted by Crippen LogP contribution is -2.47. The smallest absolute Gasteiger partial charge is 0.0504 e. The maximum Gasteiger partial charge on any atom is 0.0504 e. The molecule has 0 radical (unpaired) electrons. The normalized spacial score (nSPS) is 29.5. The van der Waals surface area contributed by atoms with Crippen molar-refractivity contribution in [2.75, 3.05) is 6.54 Å². The Bertz CT molecular complexity index is 437. The van der Waals surface area contributed by atoms with Gasteiger partial charge in [0.1, 0.15) is 0 Å². The van der Waals surface area contributed by atoms with Crippen LogP contribution in [0, 0.1) is 13.8 Å². The number of piperidine rings is 1. The molecule has 1 saturated heterocycles. The van der Waals surface area contributed by atoms with E-state index in [4.69, 9.17) is 5.73 Å². The van der Waals surface area contributed by atoms with E-state index in [-0.39, 0.29) is 0 Å². The van der Waals surface area contributed by atoms with Crippen LogP contribution in [0.4, 0.5) is 0 Å². The molecule has 1 heterocycles. The second kappa shape index (κ2) is 4.67. The van der Waals surface area contributed by atoms with Crippen molar-refractivity contribution in [1.29, 1.82) is 0 Å². The van der Waals surface area contributed by atoms with Crippen LogP contribution >= 0.6 is 0 Å². The average Bonchev–Trinajstić information content (AvgIpc) is 3.16. The van der Waals surface area contributed by atoms with Gasteiger partial charge in [0.25, 0.3) is 0 Å². The Morgan fingerprint density at radius 1 is 1.17 bits per heavy atom. The fourth-order valence-electron chi connectivity index (χ4n) is 3.36. The Morgan fingerprint density at radius 2 is 1.94 bits per heavy atom. The molecule has 2 heteroatoms. The highest BCUT2D eigenvalue weighted by atomic mass is 15.2. The van der Waals surface area contributed by atoms with Gasteiger partial charge in [-0.15, -0.1) is 0 Å². The lowest BCUT2D eigenvalue weighted by atomic mass is 9.87. The van der Waals surface area contributed by atoms with E-state index in [1.165, 1.54) is 48.9 Å². The summed E-state index contributed by atoms with van der Waals surface area (Å²) in [5, 5.41) is 0. The van der Waals surface area contributed by atoms with E-state index < -0.39 is 0 Å². The van der Waals surface area contributed by atoms with Crippen LogP contribution in [0.2, 0.25) is 0 Å². The number of aryl methyl sites for hydroxylation is 2. The molecule has 2 atom stereocenters. The first-order valence-electron chi connectivity index (χ1n) is 7.25. The third-order valence-corrected chi connectivity index (χ3v) is 4.49. The minimum Gasteiger partial charge on any atom is -0.326 e. The molecular formula is C16H24N2. The molecule has 1 aromatic rings. The van der Waals surface area contributed by atoms with Crippen LogP contribution < -0.4 is 5.73 Å². The van der Waals surface area contributed by atoms with E-state index in [2.05, 4.69) is 36.9 Å². The lowest BCUT2D eigenvalue weighted by Gasteiger charge is -2.41. The second-order valence-corrected chi connectivity index (χ2v) is 6.08. The van der Waals surface area contributed by atoms with Crippen LogP contribution in [-0.4, -0.2) is 23.5 Å². The first-order valence-corrected chi connectivity index (χ1v) is 7.25. The maximum atomic E-state index is 6.44. The van der Waals surface area contributed by atoms with Gasteiger partial charge in [-0.25, -0.2) is 0 Å². The van der Waals surface area contributed by atoms with E-state index in [9.17, 15) is 0 Å². The van der Waals surface area contributed by atoms with Crippen LogP contribution in [0.3, 0.4) is 0 Å². The third-order valence-electron chi connectivity index (χ3n) is 4.49. The predicted molar refractivity (Wildman–Crippen MR) is 75.6 cm³/mol. The van der Waals surface area contributed by atoms with Gasteiger partial charge in [-0.3, -0.25) is 4.90 Å². The van der Waals surface area contributed by atoms with Crippen molar-refractivity contribution in [2.45, 2.75) is 57.7 Å². The molecule has 1 aromatic carbocycles. The van der Waals surface area contributed by atoms with Gasteiger partial charge >= 0.3 is 0 Å². The van der Waals surface area contributed by atoms with Gasteiger partial charge in [-0.1, -0.05) is 23.8 Å². The number of nitrogens with two attached hydrogens (primary N) is 1. The molecular weight excluding hydrogens is 220 g/mol. The van der Waals surface area contributed by atoms with Gasteiger partial charge in [0.05, 0.1) is 6.04 Å². The van der Waals surface area contributed by atoms with Crippen LogP contribution in [0.1, 0.15) is 48.4 Å². The minimum absolute atomic E-state index is 0.305. The summed E-state index contributed by atoms with van der Waals surface area (Å²) in [5.41, 5.74) is 10.7. The van der Waals surface area contributed by atoms with Crippen molar-refractivity contribution < 1.29 is 0 Å². The molecule has 0 aromatic heterocycles. The summed E-state index contributed by atoms with van der Waals surface area (Å²) in [6.07, 6.45) is 5.17. The average molecular weight is 244 g/mol. The van der Waals surface area contributed by atoms with Crippen LogP contribution in [0.15, 0.2) is 18.2 Å². The zero-order valence-electron chi connectivity index (χ0n) is 11.5. The number of hydrogen-bond acceptors (Lipinski definition) is 2. The highest BCUT2D eigenvalue weighted by Crippen LogP contribution is 2.40. The molecule has 1 aliphatic carbocycles. The summed E-state index contributed by atoms with van der Waals surface area (Å²) in [5.74, 6) is 0. The van der Waals surface area contributed by atoms with E-state index in [0.29, 0.717) is 12.1 Å². The standard InChI is InChI=1S/C16H24N2/c1-11-5-6-12(2)14(10-11)16-15(17)4-3-9-18(16)13-7-8-13/h5-6,10,13,15-16H,3-4,7-9,17H2,1-2H3. The summed E-state index contributed by atoms with van der Waals surface area (Å²) in [7, 11) is 0. The number of hydrogen-bond donors (Lipinski definition) is 1. The van der Waals surface area contributed by atoms with Crippen LogP contribution in [-0.2, 0) is 0 Å². The molecule has 2 aliphatic rings. The predicted octanol–water partition coefficient (Wildman–Crippen LogP) is 2.93. The van der Waals surface area contributed by atoms with Crippen molar-refractivity contribution in [2.24, 2.45) is 5.73 Å². The zero-order valence-corrected chi connectivity index (χ0v) is 11.5. The number of likely N-dealkylation sites (tertiary alicyclic amines) is 1. The van der Waals surface area contributed by atoms with Crippen molar-refractivity contribution in [1.82, 2.24) is 4.90 Å². The Kier molecular flexibility index (Phi) is 3.16. The fourth-order valence-corrected chi connectivity index (χ4v) is 3.36. The Hall–Kier alpha value is -0.860. The monoisotopic (exact) mass is 244 g/mol. The summed E-state index contributed by atoms with van der Waals surface area (Å²) >= 11 is 0. The molecule has 2 fully saturated rings. The van der Waals surface area contributed by atoms with Gasteiger partial charge in [0, 0.05) is 12.1 Å². The summed E-state index contributed by atoms with van der Waals surface area (Å²) < 4.78 is 0. The quantitative estimate of drug-likeness (QED) is 0.866. The van der Waals surface area contributed by atoms with E-state index in [1.807, 2.05) is 0 Å². The largest absolute Gasteiger partial charge is 0.326 e. The highest BCUT2D eigenvalue weighted by Gasteiger charge is 2.39. The first kappa shape index (κ1) is 12.2. The van der Waals surface area contributed by atoms with Gasteiger partial charge in [-0.05, 0) is 57.2 Å². The molecule has 2 nitrogen and oxygen atoms in total. The van der Waals surface area contributed by atoms with Gasteiger partial charge in [-0.2, -0.15) is 0 Å². The molecule has 0 spiro atoms. The molecule has 98 valence electrons. The van der Waals surface area contributed by atoms with Crippen molar-refractivity contribution in [3.63, 3.8) is 0 Å². The topological polar surface area (TPSA) is 29.3 Å². The molecule has 1 saturated carbocycles. The molecule has 18 heavy (non-hydrogen) atoms. The van der Waals surface area contributed by atoms with Crippen LogP contribution in [0.25, 0.3) is 0 Å². The molecule has 2 N–H and O–H groups in total. The molecule has 2 unspecified atom stereocenters. The number of benzene rings is 1. The van der Waals surface area contributed by atoms with E-state index in [0.717, 1.165) is 6.04 Å². The molecule has 1 aliphatic heterocycles. The lowest BCUT2D eigenvalue weighted by molar-refractivity contribution is 0.119. The van der Waals surface area contributed by atoms with Gasteiger partial charge in [0.15, 0.2) is 0 Å². The molecule has 3 rings (SSSR count). The highest BCUT2D eigenvalue weighted by molar-refractivity contribution is 5.34. The minimum atomic E-state index is 0.305.